The number of benzene rings is 2. The van der Waals surface area contributed by atoms with Crippen molar-refractivity contribution < 1.29 is 14.3 Å². The maximum atomic E-state index is 13.1. The number of pyridine rings is 1. The first kappa shape index (κ1) is 15.0. The molecular weight excluding hydrogens is 323 g/mol. The molecule has 1 N–H and O–H groups in total. The van der Waals surface area contributed by atoms with Crippen LogP contribution in [0.3, 0.4) is 0 Å². The number of fused-ring (bicyclic) bond motifs is 2. The van der Waals surface area contributed by atoms with Gasteiger partial charge in [0.15, 0.2) is 5.65 Å². The third-order valence-corrected chi connectivity index (χ3v) is 4.05. The zero-order chi connectivity index (χ0) is 17.6. The molecule has 0 unspecified atom stereocenters. The summed E-state index contributed by atoms with van der Waals surface area (Å²) in [5.41, 5.74) is 1.63. The van der Waals surface area contributed by atoms with Gasteiger partial charge in [0.25, 0.3) is 5.56 Å². The van der Waals surface area contributed by atoms with Gasteiger partial charge in [-0.05, 0) is 47.5 Å². The second-order valence-corrected chi connectivity index (χ2v) is 5.58. The Morgan fingerprint density at radius 2 is 1.76 bits per heavy atom. The minimum Gasteiger partial charge on any atom is -0.478 e. The molecule has 0 atom stereocenters. The molecule has 5 nitrogen and oxygen atoms in total. The minimum absolute atomic E-state index is 0.0379. The van der Waals surface area contributed by atoms with E-state index in [1.54, 1.807) is 30.3 Å². The van der Waals surface area contributed by atoms with Crippen molar-refractivity contribution in [2.45, 2.75) is 0 Å². The molecule has 4 aromatic rings. The van der Waals surface area contributed by atoms with E-state index in [1.807, 2.05) is 0 Å². The molecule has 4 rings (SSSR count). The normalized spacial score (nSPS) is 11.1. The summed E-state index contributed by atoms with van der Waals surface area (Å²) in [5.74, 6) is -1.48. The molecule has 2 aromatic carbocycles. The van der Waals surface area contributed by atoms with E-state index in [2.05, 4.69) is 4.98 Å². The van der Waals surface area contributed by atoms with Gasteiger partial charge in [-0.1, -0.05) is 18.2 Å². The third kappa shape index (κ3) is 2.44. The summed E-state index contributed by atoms with van der Waals surface area (Å²) in [5, 5.41) is 9.64. The fraction of sp³-hybridized carbons (Fsp3) is 0. The number of halogens is 1. The Balaban J connectivity index is 2.01. The lowest BCUT2D eigenvalue weighted by atomic mass is 10.0. The topological polar surface area (TPSA) is 71.7 Å². The van der Waals surface area contributed by atoms with Gasteiger partial charge in [-0.15, -0.1) is 0 Å². The number of aromatic nitrogens is 2. The van der Waals surface area contributed by atoms with Crippen LogP contribution >= 0.6 is 0 Å². The molecule has 0 saturated carbocycles. The van der Waals surface area contributed by atoms with E-state index in [-0.39, 0.29) is 22.6 Å². The van der Waals surface area contributed by atoms with Crippen molar-refractivity contribution in [3.63, 3.8) is 0 Å². The summed E-state index contributed by atoms with van der Waals surface area (Å²) in [6, 6.07) is 14.0. The quantitative estimate of drug-likeness (QED) is 0.571. The van der Waals surface area contributed by atoms with Crippen LogP contribution in [0.4, 0.5) is 4.39 Å². The Labute approximate surface area is 140 Å². The van der Waals surface area contributed by atoms with Gasteiger partial charge in [-0.25, -0.2) is 14.2 Å². The first-order valence-corrected chi connectivity index (χ1v) is 7.49. The summed E-state index contributed by atoms with van der Waals surface area (Å²) >= 11 is 0. The van der Waals surface area contributed by atoms with E-state index in [9.17, 15) is 19.1 Å². The number of hydrogen-bond acceptors (Lipinski definition) is 3. The van der Waals surface area contributed by atoms with Gasteiger partial charge < -0.3 is 5.11 Å². The van der Waals surface area contributed by atoms with Crippen LogP contribution in [0.2, 0.25) is 0 Å². The van der Waals surface area contributed by atoms with Crippen LogP contribution in [0.15, 0.2) is 65.6 Å². The first-order valence-electron chi connectivity index (χ1n) is 7.49. The van der Waals surface area contributed by atoms with E-state index >= 15 is 0 Å². The highest BCUT2D eigenvalue weighted by molar-refractivity contribution is 5.96. The molecule has 6 heteroatoms. The molecule has 0 fully saturated rings. The van der Waals surface area contributed by atoms with Gasteiger partial charge in [0.1, 0.15) is 11.4 Å². The van der Waals surface area contributed by atoms with Gasteiger partial charge in [-0.2, -0.15) is 0 Å². The Hall–Kier alpha value is -3.54. The van der Waals surface area contributed by atoms with Crippen molar-refractivity contribution in [2.24, 2.45) is 0 Å². The molecule has 0 amide bonds. The maximum absolute atomic E-state index is 13.1. The lowest BCUT2D eigenvalue weighted by Gasteiger charge is -2.07. The highest BCUT2D eigenvalue weighted by Crippen LogP contribution is 2.23. The molecule has 2 aromatic heterocycles. The Morgan fingerprint density at radius 1 is 1.04 bits per heavy atom. The monoisotopic (exact) mass is 334 g/mol. The van der Waals surface area contributed by atoms with Crippen LogP contribution in [0.25, 0.3) is 27.7 Å². The minimum atomic E-state index is -1.15. The summed E-state index contributed by atoms with van der Waals surface area (Å²) in [7, 11) is 0. The molecule has 0 spiro atoms. The van der Waals surface area contributed by atoms with Crippen molar-refractivity contribution in [3.05, 3.63) is 82.5 Å². The molecule has 0 bridgehead atoms. The fourth-order valence-corrected chi connectivity index (χ4v) is 2.82. The van der Waals surface area contributed by atoms with Crippen LogP contribution < -0.4 is 5.56 Å². The number of aromatic carboxylic acids is 1. The van der Waals surface area contributed by atoms with Gasteiger partial charge in [0.2, 0.25) is 0 Å². The first-order chi connectivity index (χ1) is 12.0. The standard InChI is InChI=1S/C19H11FN2O3/c20-13-6-3-11(4-7-13)12-5-8-16-15(10-12)18(23)22-9-1-2-14(19(24)25)17(22)21-16/h1-10H,(H,24,25). The van der Waals surface area contributed by atoms with E-state index in [0.717, 1.165) is 11.1 Å². The predicted molar refractivity (Wildman–Crippen MR) is 91.3 cm³/mol. The number of rotatable bonds is 2. The second kappa shape index (κ2) is 5.52. The summed E-state index contributed by atoms with van der Waals surface area (Å²) < 4.78 is 14.3. The zero-order valence-electron chi connectivity index (χ0n) is 12.8. The number of carbonyl (C=O) groups is 1. The molecule has 25 heavy (non-hydrogen) atoms. The van der Waals surface area contributed by atoms with Crippen molar-refractivity contribution >= 4 is 22.5 Å². The predicted octanol–water partition coefficient (Wildman–Crippen LogP) is 3.35. The molecular formula is C19H11FN2O3. The second-order valence-electron chi connectivity index (χ2n) is 5.58. The molecule has 0 radical (unpaired) electrons. The lowest BCUT2D eigenvalue weighted by molar-refractivity contribution is 0.0698. The average Bonchev–Trinajstić information content (AvgIpc) is 2.62. The largest absolute Gasteiger partial charge is 0.478 e. The number of carboxylic acid groups (broad SMARTS) is 1. The van der Waals surface area contributed by atoms with Gasteiger partial charge in [0.05, 0.1) is 10.9 Å². The smallest absolute Gasteiger partial charge is 0.339 e. The highest BCUT2D eigenvalue weighted by Gasteiger charge is 2.13. The summed E-state index contributed by atoms with van der Waals surface area (Å²) in [4.78, 5) is 28.4. The average molecular weight is 334 g/mol. The Bertz CT molecular complexity index is 1200. The fourth-order valence-electron chi connectivity index (χ4n) is 2.82. The molecule has 0 aliphatic rings. The van der Waals surface area contributed by atoms with Crippen molar-refractivity contribution in [2.75, 3.05) is 0 Å². The van der Waals surface area contributed by atoms with Gasteiger partial charge in [0, 0.05) is 6.20 Å². The summed E-state index contributed by atoms with van der Waals surface area (Å²) in [6.45, 7) is 0. The van der Waals surface area contributed by atoms with Crippen molar-refractivity contribution in [3.8, 4) is 11.1 Å². The Kier molecular flexibility index (Phi) is 3.32. The van der Waals surface area contributed by atoms with Crippen LogP contribution in [-0.4, -0.2) is 20.5 Å². The SMILES string of the molecule is O=C(O)c1cccn2c(=O)c3cc(-c4ccc(F)cc4)ccc3nc12. The number of carboxylic acids is 1. The van der Waals surface area contributed by atoms with E-state index in [0.29, 0.717) is 10.9 Å². The van der Waals surface area contributed by atoms with Crippen molar-refractivity contribution in [1.82, 2.24) is 9.38 Å². The molecule has 0 aliphatic heterocycles. The van der Waals surface area contributed by atoms with Gasteiger partial charge in [-0.3, -0.25) is 9.20 Å². The van der Waals surface area contributed by atoms with E-state index in [1.165, 1.54) is 34.9 Å². The summed E-state index contributed by atoms with van der Waals surface area (Å²) in [6.07, 6.45) is 1.49. The van der Waals surface area contributed by atoms with E-state index < -0.39 is 5.97 Å². The third-order valence-electron chi connectivity index (χ3n) is 4.05. The zero-order valence-corrected chi connectivity index (χ0v) is 12.8. The molecule has 0 saturated heterocycles. The lowest BCUT2D eigenvalue weighted by Crippen LogP contribution is -2.17. The maximum Gasteiger partial charge on any atom is 0.339 e. The van der Waals surface area contributed by atoms with Crippen LogP contribution in [0.1, 0.15) is 10.4 Å². The number of nitrogens with zero attached hydrogens (tertiary/aromatic N) is 2. The number of hydrogen-bond donors (Lipinski definition) is 1. The highest BCUT2D eigenvalue weighted by atomic mass is 19.1. The van der Waals surface area contributed by atoms with Crippen LogP contribution in [-0.2, 0) is 0 Å². The molecule has 122 valence electrons. The van der Waals surface area contributed by atoms with Crippen LogP contribution in [0, 0.1) is 5.82 Å². The van der Waals surface area contributed by atoms with Crippen LogP contribution in [0.5, 0.6) is 0 Å². The van der Waals surface area contributed by atoms with E-state index in [4.69, 9.17) is 0 Å². The molecule has 2 heterocycles. The molecule has 0 aliphatic carbocycles. The Morgan fingerprint density at radius 3 is 2.48 bits per heavy atom. The van der Waals surface area contributed by atoms with Crippen molar-refractivity contribution in [1.29, 1.82) is 0 Å². The van der Waals surface area contributed by atoms with Gasteiger partial charge >= 0.3 is 5.97 Å².